The lowest BCUT2D eigenvalue weighted by Gasteiger charge is -2.21. The van der Waals surface area contributed by atoms with Gasteiger partial charge in [0.25, 0.3) is 0 Å². The average Bonchev–Trinajstić information content (AvgIpc) is 2.46. The van der Waals surface area contributed by atoms with E-state index in [1.165, 1.54) is 10.5 Å². The number of nitrogens with zero attached hydrogens (tertiary/aromatic N) is 2. The van der Waals surface area contributed by atoms with Crippen molar-refractivity contribution in [3.8, 4) is 0 Å². The molecule has 1 aliphatic carbocycles. The number of rotatable bonds is 3. The van der Waals surface area contributed by atoms with Crippen molar-refractivity contribution in [3.05, 3.63) is 53.1 Å². The van der Waals surface area contributed by atoms with E-state index in [1.54, 1.807) is 11.8 Å². The van der Waals surface area contributed by atoms with Gasteiger partial charge in [0.05, 0.1) is 5.75 Å². The molecule has 20 heavy (non-hydrogen) atoms. The minimum absolute atomic E-state index is 0.122. The van der Waals surface area contributed by atoms with E-state index in [2.05, 4.69) is 36.2 Å². The van der Waals surface area contributed by atoms with Crippen LogP contribution in [0.1, 0.15) is 41.5 Å². The third kappa shape index (κ3) is 2.86. The molecule has 3 rings (SSSR count). The molecule has 1 atom stereocenters. The Bertz CT molecular complexity index is 612. The number of fused-ring (bicyclic) bond motifs is 1. The Morgan fingerprint density at radius 1 is 1.35 bits per heavy atom. The average molecular weight is 285 g/mol. The topological polar surface area (TPSA) is 51.8 Å². The monoisotopic (exact) mass is 285 g/mol. The summed E-state index contributed by atoms with van der Waals surface area (Å²) < 4.78 is 0. The first-order valence-corrected chi connectivity index (χ1v) is 8.01. The van der Waals surface area contributed by atoms with Gasteiger partial charge < -0.3 is 5.73 Å². The van der Waals surface area contributed by atoms with Gasteiger partial charge in [0.1, 0.15) is 5.82 Å². The Kier molecular flexibility index (Phi) is 4.03. The van der Waals surface area contributed by atoms with Gasteiger partial charge in [0.15, 0.2) is 0 Å². The van der Waals surface area contributed by atoms with Gasteiger partial charge in [-0.05, 0) is 37.8 Å². The summed E-state index contributed by atoms with van der Waals surface area (Å²) >= 11 is 1.80. The fourth-order valence-corrected chi connectivity index (χ4v) is 3.45. The van der Waals surface area contributed by atoms with Crippen LogP contribution in [-0.4, -0.2) is 9.97 Å². The molecule has 2 N–H and O–H groups in total. The lowest BCUT2D eigenvalue weighted by atomic mass is 9.93. The summed E-state index contributed by atoms with van der Waals surface area (Å²) in [6, 6.07) is 8.54. The Hall–Kier alpha value is -1.39. The largest absolute Gasteiger partial charge is 0.324 e. The summed E-state index contributed by atoms with van der Waals surface area (Å²) in [5.74, 6) is 1.72. The van der Waals surface area contributed by atoms with Crippen LogP contribution in [0.4, 0.5) is 0 Å². The second-order valence-electron chi connectivity index (χ2n) is 5.24. The highest BCUT2D eigenvalue weighted by atomic mass is 32.2. The molecule has 0 saturated heterocycles. The SMILES string of the molecule is Cc1ccccc1SCc1ncc2c(n1)CCCC2N. The van der Waals surface area contributed by atoms with E-state index in [1.807, 2.05) is 6.20 Å². The van der Waals surface area contributed by atoms with Crippen molar-refractivity contribution < 1.29 is 0 Å². The molecule has 1 aliphatic rings. The standard InChI is InChI=1S/C16H19N3S/c1-11-5-2-3-8-15(11)20-10-16-18-9-12-13(17)6-4-7-14(12)19-16/h2-3,5,8-9,13H,4,6-7,10,17H2,1H3. The van der Waals surface area contributed by atoms with E-state index in [0.717, 1.165) is 42.1 Å². The fourth-order valence-electron chi connectivity index (χ4n) is 2.55. The van der Waals surface area contributed by atoms with Gasteiger partial charge >= 0.3 is 0 Å². The predicted molar refractivity (Wildman–Crippen MR) is 82.6 cm³/mol. The molecule has 0 bridgehead atoms. The Labute approximate surface area is 124 Å². The van der Waals surface area contributed by atoms with Crippen LogP contribution in [0.5, 0.6) is 0 Å². The number of hydrogen-bond donors (Lipinski definition) is 1. The highest BCUT2D eigenvalue weighted by molar-refractivity contribution is 7.98. The molecule has 104 valence electrons. The smallest absolute Gasteiger partial charge is 0.138 e. The molecular formula is C16H19N3S. The van der Waals surface area contributed by atoms with Crippen LogP contribution in [-0.2, 0) is 12.2 Å². The zero-order chi connectivity index (χ0) is 13.9. The molecule has 0 amide bonds. The molecule has 0 aliphatic heterocycles. The lowest BCUT2D eigenvalue weighted by molar-refractivity contribution is 0.554. The molecule has 0 spiro atoms. The van der Waals surface area contributed by atoms with Crippen LogP contribution in [0.25, 0.3) is 0 Å². The van der Waals surface area contributed by atoms with Crippen molar-refractivity contribution >= 4 is 11.8 Å². The summed E-state index contributed by atoms with van der Waals surface area (Å²) in [5.41, 5.74) is 9.69. The number of nitrogens with two attached hydrogens (primary N) is 1. The first-order chi connectivity index (χ1) is 9.74. The van der Waals surface area contributed by atoms with Crippen LogP contribution in [0.15, 0.2) is 35.4 Å². The van der Waals surface area contributed by atoms with Gasteiger partial charge in [0.2, 0.25) is 0 Å². The number of thioether (sulfide) groups is 1. The maximum absolute atomic E-state index is 6.10. The quantitative estimate of drug-likeness (QED) is 0.878. The van der Waals surface area contributed by atoms with Crippen LogP contribution in [0, 0.1) is 6.92 Å². The third-order valence-corrected chi connectivity index (χ3v) is 4.90. The summed E-state index contributed by atoms with van der Waals surface area (Å²) in [5, 5.41) is 0. The van der Waals surface area contributed by atoms with E-state index in [-0.39, 0.29) is 6.04 Å². The van der Waals surface area contributed by atoms with Gasteiger partial charge in [-0.25, -0.2) is 9.97 Å². The number of hydrogen-bond acceptors (Lipinski definition) is 4. The van der Waals surface area contributed by atoms with Gasteiger partial charge in [-0.2, -0.15) is 0 Å². The normalized spacial score (nSPS) is 17.8. The van der Waals surface area contributed by atoms with Crippen molar-refractivity contribution in [3.63, 3.8) is 0 Å². The Morgan fingerprint density at radius 3 is 3.05 bits per heavy atom. The van der Waals surface area contributed by atoms with E-state index in [9.17, 15) is 0 Å². The van der Waals surface area contributed by atoms with Gasteiger partial charge in [-0.3, -0.25) is 0 Å². The molecule has 0 fully saturated rings. The first kappa shape index (κ1) is 13.6. The molecule has 0 radical (unpaired) electrons. The highest BCUT2D eigenvalue weighted by Crippen LogP contribution is 2.28. The van der Waals surface area contributed by atoms with E-state index < -0.39 is 0 Å². The molecule has 0 saturated carbocycles. The zero-order valence-corrected chi connectivity index (χ0v) is 12.5. The molecule has 1 aromatic heterocycles. The molecular weight excluding hydrogens is 266 g/mol. The van der Waals surface area contributed by atoms with Gasteiger partial charge in [-0.1, -0.05) is 18.2 Å². The van der Waals surface area contributed by atoms with Crippen LogP contribution in [0.2, 0.25) is 0 Å². The summed E-state index contributed by atoms with van der Waals surface area (Å²) in [4.78, 5) is 10.5. The van der Waals surface area contributed by atoms with Crippen molar-refractivity contribution in [1.82, 2.24) is 9.97 Å². The second-order valence-corrected chi connectivity index (χ2v) is 6.26. The molecule has 4 heteroatoms. The fraction of sp³-hybridized carbons (Fsp3) is 0.375. The van der Waals surface area contributed by atoms with E-state index in [4.69, 9.17) is 10.7 Å². The maximum Gasteiger partial charge on any atom is 0.138 e. The lowest BCUT2D eigenvalue weighted by Crippen LogP contribution is -2.19. The highest BCUT2D eigenvalue weighted by Gasteiger charge is 2.18. The zero-order valence-electron chi connectivity index (χ0n) is 11.7. The number of aryl methyl sites for hydroxylation is 2. The van der Waals surface area contributed by atoms with Crippen molar-refractivity contribution in [2.45, 2.75) is 42.9 Å². The van der Waals surface area contributed by atoms with Crippen LogP contribution in [0.3, 0.4) is 0 Å². The van der Waals surface area contributed by atoms with Crippen molar-refractivity contribution in [2.24, 2.45) is 5.73 Å². The Morgan fingerprint density at radius 2 is 2.20 bits per heavy atom. The van der Waals surface area contributed by atoms with E-state index in [0.29, 0.717) is 0 Å². The van der Waals surface area contributed by atoms with E-state index >= 15 is 0 Å². The number of benzene rings is 1. The molecule has 1 aromatic carbocycles. The molecule has 1 heterocycles. The molecule has 3 nitrogen and oxygen atoms in total. The molecule has 1 unspecified atom stereocenters. The van der Waals surface area contributed by atoms with Crippen molar-refractivity contribution in [1.29, 1.82) is 0 Å². The third-order valence-electron chi connectivity index (χ3n) is 3.73. The second kappa shape index (κ2) is 5.94. The van der Waals surface area contributed by atoms with Gasteiger partial charge in [-0.15, -0.1) is 11.8 Å². The molecule has 2 aromatic rings. The summed E-state index contributed by atoms with van der Waals surface area (Å²) in [7, 11) is 0. The maximum atomic E-state index is 6.10. The minimum Gasteiger partial charge on any atom is -0.324 e. The van der Waals surface area contributed by atoms with Crippen molar-refractivity contribution in [2.75, 3.05) is 0 Å². The van der Waals surface area contributed by atoms with Crippen LogP contribution >= 0.6 is 11.8 Å². The predicted octanol–water partition coefficient (Wildman–Crippen LogP) is 3.41. The summed E-state index contributed by atoms with van der Waals surface area (Å²) in [6.07, 6.45) is 5.15. The van der Waals surface area contributed by atoms with Gasteiger partial charge in [0, 0.05) is 28.4 Å². The van der Waals surface area contributed by atoms with Crippen LogP contribution < -0.4 is 5.73 Å². The number of aromatic nitrogens is 2. The Balaban J connectivity index is 1.74. The summed E-state index contributed by atoms with van der Waals surface area (Å²) in [6.45, 7) is 2.13. The first-order valence-electron chi connectivity index (χ1n) is 7.03. The minimum atomic E-state index is 0.122.